The number of nitrogens with zero attached hydrogens (tertiary/aromatic N) is 1. The molecule has 1 aromatic rings. The quantitative estimate of drug-likeness (QED) is 0.821. The maximum Gasteiger partial charge on any atom is 0.246 e. The molecular formula is C13H20N2O2. The van der Waals surface area contributed by atoms with E-state index in [-0.39, 0.29) is 18.6 Å². The Labute approximate surface area is 102 Å². The molecule has 94 valence electrons. The van der Waals surface area contributed by atoms with Crippen molar-refractivity contribution in [3.8, 4) is 0 Å². The predicted molar refractivity (Wildman–Crippen MR) is 66.6 cm³/mol. The van der Waals surface area contributed by atoms with Crippen molar-refractivity contribution in [3.63, 3.8) is 0 Å². The van der Waals surface area contributed by atoms with Crippen molar-refractivity contribution >= 4 is 5.91 Å². The second-order valence-corrected chi connectivity index (χ2v) is 3.87. The van der Waals surface area contributed by atoms with E-state index >= 15 is 0 Å². The Morgan fingerprint density at radius 2 is 2.29 bits per heavy atom. The third-order valence-electron chi connectivity index (χ3n) is 2.56. The van der Waals surface area contributed by atoms with Crippen molar-refractivity contribution in [1.29, 1.82) is 0 Å². The molecule has 0 saturated heterocycles. The fourth-order valence-electron chi connectivity index (χ4n) is 1.66. The molecule has 1 N–H and O–H groups in total. The van der Waals surface area contributed by atoms with Crippen LogP contribution in [0.25, 0.3) is 0 Å². The van der Waals surface area contributed by atoms with Crippen molar-refractivity contribution in [3.05, 3.63) is 29.6 Å². The minimum Gasteiger partial charge on any atom is -0.372 e. The van der Waals surface area contributed by atoms with E-state index in [1.807, 2.05) is 32.9 Å². The SMILES string of the molecule is CCOCC(=O)N[C@@H](CC)c1ncccc1C. The zero-order valence-corrected chi connectivity index (χ0v) is 10.7. The van der Waals surface area contributed by atoms with Crippen LogP contribution in [-0.4, -0.2) is 24.1 Å². The molecule has 0 fully saturated rings. The van der Waals surface area contributed by atoms with Crippen LogP contribution < -0.4 is 5.32 Å². The molecule has 0 aliphatic heterocycles. The van der Waals surface area contributed by atoms with Gasteiger partial charge in [-0.3, -0.25) is 9.78 Å². The fourth-order valence-corrected chi connectivity index (χ4v) is 1.66. The highest BCUT2D eigenvalue weighted by Gasteiger charge is 2.15. The smallest absolute Gasteiger partial charge is 0.246 e. The van der Waals surface area contributed by atoms with Crippen LogP contribution in [0, 0.1) is 6.92 Å². The van der Waals surface area contributed by atoms with E-state index in [0.29, 0.717) is 6.61 Å². The van der Waals surface area contributed by atoms with Crippen molar-refractivity contribution in [1.82, 2.24) is 10.3 Å². The number of hydrogen-bond acceptors (Lipinski definition) is 3. The van der Waals surface area contributed by atoms with Crippen LogP contribution in [0.15, 0.2) is 18.3 Å². The minimum atomic E-state index is -0.0937. The van der Waals surface area contributed by atoms with Gasteiger partial charge in [0.2, 0.25) is 5.91 Å². The van der Waals surface area contributed by atoms with Crippen LogP contribution in [0.2, 0.25) is 0 Å². The Hall–Kier alpha value is -1.42. The third-order valence-corrected chi connectivity index (χ3v) is 2.56. The maximum atomic E-state index is 11.6. The molecule has 0 aliphatic rings. The van der Waals surface area contributed by atoms with Gasteiger partial charge in [0.25, 0.3) is 0 Å². The molecule has 0 aromatic carbocycles. The number of nitrogens with one attached hydrogen (secondary N) is 1. The monoisotopic (exact) mass is 236 g/mol. The third kappa shape index (κ3) is 4.15. The summed E-state index contributed by atoms with van der Waals surface area (Å²) in [4.78, 5) is 15.9. The predicted octanol–water partition coefficient (Wildman–Crippen LogP) is 1.99. The van der Waals surface area contributed by atoms with E-state index in [1.165, 1.54) is 0 Å². The van der Waals surface area contributed by atoms with Crippen molar-refractivity contribution < 1.29 is 9.53 Å². The van der Waals surface area contributed by atoms with E-state index in [0.717, 1.165) is 17.7 Å². The summed E-state index contributed by atoms with van der Waals surface area (Å²) in [6.07, 6.45) is 2.56. The van der Waals surface area contributed by atoms with Gasteiger partial charge in [-0.05, 0) is 31.9 Å². The van der Waals surface area contributed by atoms with E-state index in [4.69, 9.17) is 4.74 Å². The van der Waals surface area contributed by atoms with Crippen molar-refractivity contribution in [2.45, 2.75) is 33.2 Å². The van der Waals surface area contributed by atoms with Crippen molar-refractivity contribution in [2.75, 3.05) is 13.2 Å². The minimum absolute atomic E-state index is 0.0378. The van der Waals surface area contributed by atoms with Gasteiger partial charge in [0, 0.05) is 12.8 Å². The molecule has 4 nitrogen and oxygen atoms in total. The molecule has 0 bridgehead atoms. The Morgan fingerprint density at radius 3 is 2.88 bits per heavy atom. The van der Waals surface area contributed by atoms with Crippen LogP contribution in [0.1, 0.15) is 37.6 Å². The summed E-state index contributed by atoms with van der Waals surface area (Å²) in [5.74, 6) is -0.0937. The molecule has 0 unspecified atom stereocenters. The standard InChI is InChI=1S/C13H20N2O2/c1-4-11(15-12(16)9-17-5-2)13-10(3)7-6-8-14-13/h6-8,11H,4-5,9H2,1-3H3,(H,15,16)/t11-/m0/s1. The molecule has 1 heterocycles. The molecule has 1 aromatic heterocycles. The van der Waals surface area contributed by atoms with Crippen LogP contribution in [-0.2, 0) is 9.53 Å². The Morgan fingerprint density at radius 1 is 1.53 bits per heavy atom. The molecular weight excluding hydrogens is 216 g/mol. The number of pyridine rings is 1. The molecule has 4 heteroatoms. The summed E-state index contributed by atoms with van der Waals surface area (Å²) < 4.78 is 5.07. The summed E-state index contributed by atoms with van der Waals surface area (Å²) in [5, 5.41) is 2.93. The Balaban J connectivity index is 2.66. The van der Waals surface area contributed by atoms with Gasteiger partial charge in [0.15, 0.2) is 0 Å². The van der Waals surface area contributed by atoms with Gasteiger partial charge in [0.05, 0.1) is 11.7 Å². The first-order valence-electron chi connectivity index (χ1n) is 5.97. The van der Waals surface area contributed by atoms with Gasteiger partial charge in [0.1, 0.15) is 6.61 Å². The molecule has 1 rings (SSSR count). The second-order valence-electron chi connectivity index (χ2n) is 3.87. The zero-order chi connectivity index (χ0) is 12.7. The number of aromatic nitrogens is 1. The molecule has 0 radical (unpaired) electrons. The number of rotatable bonds is 6. The molecule has 0 saturated carbocycles. The van der Waals surface area contributed by atoms with Gasteiger partial charge in [-0.15, -0.1) is 0 Å². The summed E-state index contributed by atoms with van der Waals surface area (Å²) in [6, 6.07) is 3.86. The number of carbonyl (C=O) groups is 1. The lowest BCUT2D eigenvalue weighted by Crippen LogP contribution is -2.32. The average Bonchev–Trinajstić information content (AvgIpc) is 2.34. The second kappa shape index (κ2) is 7.01. The molecule has 0 spiro atoms. The largest absolute Gasteiger partial charge is 0.372 e. The van der Waals surface area contributed by atoms with Crippen LogP contribution in [0.3, 0.4) is 0 Å². The summed E-state index contributed by atoms with van der Waals surface area (Å²) in [7, 11) is 0. The first kappa shape index (κ1) is 13.6. The van der Waals surface area contributed by atoms with Gasteiger partial charge in [-0.25, -0.2) is 0 Å². The maximum absolute atomic E-state index is 11.6. The Bertz CT molecular complexity index is 366. The molecule has 17 heavy (non-hydrogen) atoms. The molecule has 1 atom stereocenters. The van der Waals surface area contributed by atoms with E-state index in [1.54, 1.807) is 6.20 Å². The number of hydrogen-bond donors (Lipinski definition) is 1. The summed E-state index contributed by atoms with van der Waals surface area (Å²) in [5.41, 5.74) is 2.02. The number of aryl methyl sites for hydroxylation is 1. The average molecular weight is 236 g/mol. The van der Waals surface area contributed by atoms with E-state index < -0.39 is 0 Å². The highest BCUT2D eigenvalue weighted by atomic mass is 16.5. The number of carbonyl (C=O) groups excluding carboxylic acids is 1. The van der Waals surface area contributed by atoms with Gasteiger partial charge in [-0.2, -0.15) is 0 Å². The summed E-state index contributed by atoms with van der Waals surface area (Å²) >= 11 is 0. The topological polar surface area (TPSA) is 51.2 Å². The van der Waals surface area contributed by atoms with Crippen molar-refractivity contribution in [2.24, 2.45) is 0 Å². The van der Waals surface area contributed by atoms with Crippen LogP contribution in [0.5, 0.6) is 0 Å². The lowest BCUT2D eigenvalue weighted by atomic mass is 10.1. The van der Waals surface area contributed by atoms with E-state index in [2.05, 4.69) is 10.3 Å². The van der Waals surface area contributed by atoms with E-state index in [9.17, 15) is 4.79 Å². The van der Waals surface area contributed by atoms with Crippen LogP contribution >= 0.6 is 0 Å². The highest BCUT2D eigenvalue weighted by molar-refractivity contribution is 5.77. The first-order chi connectivity index (χ1) is 8.19. The number of ether oxygens (including phenoxy) is 1. The molecule has 1 amide bonds. The summed E-state index contributed by atoms with van der Waals surface area (Å²) in [6.45, 7) is 6.55. The Kier molecular flexibility index (Phi) is 5.63. The highest BCUT2D eigenvalue weighted by Crippen LogP contribution is 2.17. The lowest BCUT2D eigenvalue weighted by Gasteiger charge is -2.18. The fraction of sp³-hybridized carbons (Fsp3) is 0.538. The lowest BCUT2D eigenvalue weighted by molar-refractivity contribution is -0.126. The number of amides is 1. The normalized spacial score (nSPS) is 12.2. The molecule has 0 aliphatic carbocycles. The van der Waals surface area contributed by atoms with Gasteiger partial charge in [-0.1, -0.05) is 13.0 Å². The van der Waals surface area contributed by atoms with Gasteiger partial charge < -0.3 is 10.1 Å². The first-order valence-corrected chi connectivity index (χ1v) is 5.97. The van der Waals surface area contributed by atoms with Crippen LogP contribution in [0.4, 0.5) is 0 Å². The zero-order valence-electron chi connectivity index (χ0n) is 10.7. The van der Waals surface area contributed by atoms with Gasteiger partial charge >= 0.3 is 0 Å².